The zero-order valence-electron chi connectivity index (χ0n) is 14.7. The van der Waals surface area contributed by atoms with Gasteiger partial charge in [0.25, 0.3) is 0 Å². The average molecular weight is 371 g/mol. The van der Waals surface area contributed by atoms with Gasteiger partial charge in [0.05, 0.1) is 12.3 Å². The molecule has 8 heteroatoms. The highest BCUT2D eigenvalue weighted by Gasteiger charge is 2.38. The molecule has 2 atom stereocenters. The van der Waals surface area contributed by atoms with Gasteiger partial charge in [-0.1, -0.05) is 13.8 Å². The van der Waals surface area contributed by atoms with E-state index in [1.54, 1.807) is 6.92 Å². The summed E-state index contributed by atoms with van der Waals surface area (Å²) in [7, 11) is 1.26. The van der Waals surface area contributed by atoms with E-state index in [9.17, 15) is 27.9 Å². The molecule has 2 rings (SSSR count). The first kappa shape index (κ1) is 20.1. The first-order valence-electron chi connectivity index (χ1n) is 8.19. The standard InChI is InChI=1S/C18H20F3NO4/c1-4-10-7-9(2)15(23)14(16(10)24)17(25)11-5-6-13(18(19,20)21)22-12(11)8-26-3/h5-6,9-10,24H,4,7-8H2,1-3H3. The second-order valence-electron chi connectivity index (χ2n) is 6.32. The van der Waals surface area contributed by atoms with Crippen LogP contribution in [0.5, 0.6) is 0 Å². The van der Waals surface area contributed by atoms with E-state index in [2.05, 4.69) is 4.98 Å². The fourth-order valence-corrected chi connectivity index (χ4v) is 3.06. The molecule has 0 fully saturated rings. The summed E-state index contributed by atoms with van der Waals surface area (Å²) in [5, 5.41) is 10.4. The van der Waals surface area contributed by atoms with Crippen molar-refractivity contribution < 1.29 is 32.6 Å². The number of hydrogen-bond acceptors (Lipinski definition) is 5. The summed E-state index contributed by atoms with van der Waals surface area (Å²) in [5.41, 5.74) is -1.94. The number of aromatic nitrogens is 1. The van der Waals surface area contributed by atoms with Crippen LogP contribution in [-0.2, 0) is 22.3 Å². The lowest BCUT2D eigenvalue weighted by molar-refractivity contribution is -0.141. The Morgan fingerprint density at radius 3 is 2.58 bits per heavy atom. The number of alkyl halides is 3. The molecule has 5 nitrogen and oxygen atoms in total. The molecule has 1 aliphatic rings. The normalized spacial score (nSPS) is 21.2. The molecule has 0 aliphatic heterocycles. The summed E-state index contributed by atoms with van der Waals surface area (Å²) in [5.74, 6) is -2.44. The summed E-state index contributed by atoms with van der Waals surface area (Å²) >= 11 is 0. The lowest BCUT2D eigenvalue weighted by Gasteiger charge is -2.27. The van der Waals surface area contributed by atoms with Crippen molar-refractivity contribution in [1.82, 2.24) is 4.98 Å². The van der Waals surface area contributed by atoms with E-state index < -0.39 is 29.4 Å². The average Bonchev–Trinajstić information content (AvgIpc) is 2.57. The highest BCUT2D eigenvalue weighted by Crippen LogP contribution is 2.35. The molecule has 0 radical (unpaired) electrons. The number of ether oxygens (including phenoxy) is 1. The first-order chi connectivity index (χ1) is 12.1. The minimum absolute atomic E-state index is 0.182. The molecule has 26 heavy (non-hydrogen) atoms. The molecule has 0 aromatic carbocycles. The minimum Gasteiger partial charge on any atom is -0.511 e. The lowest BCUT2D eigenvalue weighted by atomic mass is 9.77. The number of allylic oxidation sites excluding steroid dienone is 2. The van der Waals surface area contributed by atoms with Gasteiger partial charge in [0.2, 0.25) is 5.78 Å². The maximum Gasteiger partial charge on any atom is 0.433 e. The largest absolute Gasteiger partial charge is 0.511 e. The summed E-state index contributed by atoms with van der Waals surface area (Å²) in [6, 6.07) is 1.65. The number of carbonyl (C=O) groups excluding carboxylic acids is 2. The predicted octanol–water partition coefficient (Wildman–Crippen LogP) is 3.88. The molecule has 0 amide bonds. The van der Waals surface area contributed by atoms with Gasteiger partial charge in [-0.15, -0.1) is 0 Å². The van der Waals surface area contributed by atoms with Gasteiger partial charge in [0.1, 0.15) is 17.0 Å². The van der Waals surface area contributed by atoms with Crippen LogP contribution in [0.4, 0.5) is 13.2 Å². The molecular weight excluding hydrogens is 351 g/mol. The van der Waals surface area contributed by atoms with Crippen LogP contribution in [0.25, 0.3) is 0 Å². The van der Waals surface area contributed by atoms with Crippen molar-refractivity contribution in [2.24, 2.45) is 11.8 Å². The van der Waals surface area contributed by atoms with E-state index in [0.717, 1.165) is 6.07 Å². The molecule has 0 bridgehead atoms. The zero-order valence-corrected chi connectivity index (χ0v) is 14.7. The van der Waals surface area contributed by atoms with Crippen LogP contribution in [0, 0.1) is 11.8 Å². The van der Waals surface area contributed by atoms with Crippen molar-refractivity contribution in [3.63, 3.8) is 0 Å². The molecule has 1 aromatic rings. The smallest absolute Gasteiger partial charge is 0.433 e. The van der Waals surface area contributed by atoms with Crippen molar-refractivity contribution in [3.8, 4) is 0 Å². The van der Waals surface area contributed by atoms with Gasteiger partial charge in [0.15, 0.2) is 5.78 Å². The molecule has 1 N–H and O–H groups in total. The van der Waals surface area contributed by atoms with Crippen LogP contribution >= 0.6 is 0 Å². The number of nitrogens with zero attached hydrogens (tertiary/aromatic N) is 1. The number of aliphatic hydroxyl groups excluding tert-OH is 1. The number of Topliss-reactive ketones (excluding diaryl/α,β-unsaturated/α-hetero) is 2. The summed E-state index contributed by atoms with van der Waals surface area (Å²) in [6.45, 7) is 3.15. The number of halogens is 3. The number of methoxy groups -OCH3 is 1. The zero-order chi connectivity index (χ0) is 19.6. The van der Waals surface area contributed by atoms with E-state index in [0.29, 0.717) is 18.9 Å². The number of ketones is 2. The number of carbonyl (C=O) groups is 2. The van der Waals surface area contributed by atoms with Gasteiger partial charge >= 0.3 is 6.18 Å². The molecule has 0 saturated heterocycles. The van der Waals surface area contributed by atoms with Crippen molar-refractivity contribution in [2.75, 3.05) is 7.11 Å². The van der Waals surface area contributed by atoms with E-state index >= 15 is 0 Å². The van der Waals surface area contributed by atoms with Crippen LogP contribution in [0.2, 0.25) is 0 Å². The maximum atomic E-state index is 12.9. The van der Waals surface area contributed by atoms with Crippen molar-refractivity contribution in [1.29, 1.82) is 0 Å². The number of rotatable bonds is 5. The molecule has 0 spiro atoms. The highest BCUT2D eigenvalue weighted by molar-refractivity contribution is 6.27. The van der Waals surface area contributed by atoms with Crippen molar-refractivity contribution >= 4 is 11.6 Å². The third-order valence-corrected chi connectivity index (χ3v) is 4.49. The Bertz CT molecular complexity index is 755. The molecule has 1 heterocycles. The third kappa shape index (κ3) is 3.80. The van der Waals surface area contributed by atoms with Gasteiger partial charge in [-0.05, 0) is 25.0 Å². The number of aliphatic hydroxyl groups is 1. The number of hydrogen-bond donors (Lipinski definition) is 1. The number of pyridine rings is 1. The van der Waals surface area contributed by atoms with Crippen LogP contribution in [-0.4, -0.2) is 28.8 Å². The van der Waals surface area contributed by atoms with Crippen LogP contribution in [0.3, 0.4) is 0 Å². The topological polar surface area (TPSA) is 76.5 Å². The van der Waals surface area contributed by atoms with Gasteiger partial charge in [0, 0.05) is 24.5 Å². The quantitative estimate of drug-likeness (QED) is 0.628. The predicted molar refractivity (Wildman–Crippen MR) is 86.5 cm³/mol. The van der Waals surface area contributed by atoms with Crippen LogP contribution in [0.1, 0.15) is 48.4 Å². The monoisotopic (exact) mass is 371 g/mol. The Morgan fingerprint density at radius 1 is 1.38 bits per heavy atom. The second-order valence-corrected chi connectivity index (χ2v) is 6.32. The van der Waals surface area contributed by atoms with Gasteiger partial charge in [-0.2, -0.15) is 13.2 Å². The Balaban J connectivity index is 2.56. The first-order valence-corrected chi connectivity index (χ1v) is 8.19. The Kier molecular flexibility index (Phi) is 5.85. The fourth-order valence-electron chi connectivity index (χ4n) is 3.06. The van der Waals surface area contributed by atoms with E-state index in [-0.39, 0.29) is 35.1 Å². The molecule has 2 unspecified atom stereocenters. The molecule has 142 valence electrons. The van der Waals surface area contributed by atoms with Crippen molar-refractivity contribution in [2.45, 2.75) is 39.5 Å². The van der Waals surface area contributed by atoms with Crippen LogP contribution in [0.15, 0.2) is 23.5 Å². The van der Waals surface area contributed by atoms with Crippen molar-refractivity contribution in [3.05, 3.63) is 40.4 Å². The Labute approximate surface area is 148 Å². The SMILES string of the molecule is CCC1CC(C)C(=O)C(C(=O)c2ccc(C(F)(F)F)nc2COC)=C1O. The lowest BCUT2D eigenvalue weighted by Crippen LogP contribution is -2.31. The fraction of sp³-hybridized carbons (Fsp3) is 0.500. The Hall–Kier alpha value is -2.22. The van der Waals surface area contributed by atoms with Gasteiger partial charge < -0.3 is 9.84 Å². The van der Waals surface area contributed by atoms with E-state index in [1.165, 1.54) is 7.11 Å². The van der Waals surface area contributed by atoms with E-state index in [1.807, 2.05) is 6.92 Å². The minimum atomic E-state index is -4.67. The van der Waals surface area contributed by atoms with Gasteiger partial charge in [-0.25, -0.2) is 4.98 Å². The summed E-state index contributed by atoms with van der Waals surface area (Å²) in [6.07, 6.45) is -3.71. The molecule has 1 aromatic heterocycles. The summed E-state index contributed by atoms with van der Waals surface area (Å²) < 4.78 is 43.5. The molecule has 1 aliphatic carbocycles. The molecule has 0 saturated carbocycles. The summed E-state index contributed by atoms with van der Waals surface area (Å²) in [4.78, 5) is 28.8. The van der Waals surface area contributed by atoms with Gasteiger partial charge in [-0.3, -0.25) is 9.59 Å². The van der Waals surface area contributed by atoms with E-state index in [4.69, 9.17) is 4.74 Å². The second kappa shape index (κ2) is 7.57. The third-order valence-electron chi connectivity index (χ3n) is 4.49. The molecular formula is C18H20F3NO4. The highest BCUT2D eigenvalue weighted by atomic mass is 19.4. The maximum absolute atomic E-state index is 12.9. The Morgan fingerprint density at radius 2 is 2.04 bits per heavy atom. The van der Waals surface area contributed by atoms with Crippen LogP contribution < -0.4 is 0 Å².